The summed E-state index contributed by atoms with van der Waals surface area (Å²) < 4.78 is 5.70. The number of nitrogens with two attached hydrogens (primary N) is 1. The van der Waals surface area contributed by atoms with E-state index in [1.807, 2.05) is 20.0 Å². The molecule has 3 nitrogen and oxygen atoms in total. The van der Waals surface area contributed by atoms with E-state index < -0.39 is 0 Å². The molecule has 0 amide bonds. The van der Waals surface area contributed by atoms with E-state index in [1.54, 1.807) is 0 Å². The quantitative estimate of drug-likeness (QED) is 0.795. The second-order valence-electron chi connectivity index (χ2n) is 4.59. The van der Waals surface area contributed by atoms with Crippen molar-refractivity contribution in [3.05, 3.63) is 23.7 Å². The maximum Gasteiger partial charge on any atom is 0.121 e. The molecule has 1 fully saturated rings. The Morgan fingerprint density at radius 2 is 2.27 bits per heavy atom. The van der Waals surface area contributed by atoms with Crippen molar-refractivity contribution in [1.82, 2.24) is 5.32 Å². The zero-order valence-electron chi connectivity index (χ0n) is 9.55. The largest absolute Gasteiger partial charge is 0.465 e. The van der Waals surface area contributed by atoms with Gasteiger partial charge in [-0.25, -0.2) is 0 Å². The van der Waals surface area contributed by atoms with Gasteiger partial charge in [0.25, 0.3) is 0 Å². The van der Waals surface area contributed by atoms with Gasteiger partial charge in [-0.1, -0.05) is 6.42 Å². The average Bonchev–Trinajstić information content (AvgIpc) is 2.58. The summed E-state index contributed by atoms with van der Waals surface area (Å²) in [4.78, 5) is 0. The lowest BCUT2D eigenvalue weighted by molar-refractivity contribution is 0.0756. The van der Waals surface area contributed by atoms with Crippen molar-refractivity contribution in [1.29, 1.82) is 0 Å². The number of nitrogens with one attached hydrogen (secondary N) is 1. The minimum Gasteiger partial charge on any atom is -0.465 e. The van der Waals surface area contributed by atoms with Gasteiger partial charge >= 0.3 is 0 Å². The summed E-state index contributed by atoms with van der Waals surface area (Å²) in [5.41, 5.74) is 6.13. The standard InChI is InChI=1S/C12H20N2O/c1-9-4-5-10(15-9)11(14-2)12(8-13)6-3-7-12/h4-5,11,14H,3,6-8,13H2,1-2H3. The zero-order chi connectivity index (χ0) is 10.9. The number of hydrogen-bond acceptors (Lipinski definition) is 3. The summed E-state index contributed by atoms with van der Waals surface area (Å²) in [6, 6.07) is 4.35. The van der Waals surface area contributed by atoms with E-state index in [0.29, 0.717) is 0 Å². The lowest BCUT2D eigenvalue weighted by Crippen LogP contribution is -2.47. The highest BCUT2D eigenvalue weighted by molar-refractivity contribution is 5.15. The number of rotatable bonds is 4. The fourth-order valence-corrected chi connectivity index (χ4v) is 2.60. The molecule has 0 bridgehead atoms. The maximum atomic E-state index is 5.91. The lowest BCUT2D eigenvalue weighted by Gasteiger charge is -2.46. The fraction of sp³-hybridized carbons (Fsp3) is 0.667. The first-order chi connectivity index (χ1) is 7.22. The first kappa shape index (κ1) is 10.7. The molecule has 1 aliphatic rings. The molecule has 3 N–H and O–H groups in total. The molecule has 0 spiro atoms. The summed E-state index contributed by atoms with van der Waals surface area (Å²) >= 11 is 0. The third kappa shape index (κ3) is 1.70. The highest BCUT2D eigenvalue weighted by Crippen LogP contribution is 2.49. The molecule has 1 aliphatic carbocycles. The van der Waals surface area contributed by atoms with Gasteiger partial charge in [0.1, 0.15) is 11.5 Å². The molecule has 1 aromatic rings. The van der Waals surface area contributed by atoms with Gasteiger partial charge in [0.15, 0.2) is 0 Å². The van der Waals surface area contributed by atoms with Gasteiger partial charge in [0, 0.05) is 5.41 Å². The lowest BCUT2D eigenvalue weighted by atomic mass is 9.63. The van der Waals surface area contributed by atoms with Crippen LogP contribution in [0.1, 0.15) is 36.8 Å². The van der Waals surface area contributed by atoms with Crippen molar-refractivity contribution in [3.63, 3.8) is 0 Å². The molecule has 0 saturated heterocycles. The van der Waals surface area contributed by atoms with E-state index in [4.69, 9.17) is 10.2 Å². The van der Waals surface area contributed by atoms with Crippen LogP contribution in [-0.2, 0) is 0 Å². The van der Waals surface area contributed by atoms with E-state index in [2.05, 4.69) is 11.4 Å². The third-order valence-corrected chi connectivity index (χ3v) is 3.70. The van der Waals surface area contributed by atoms with Gasteiger partial charge in [-0.2, -0.15) is 0 Å². The van der Waals surface area contributed by atoms with Gasteiger partial charge in [0.2, 0.25) is 0 Å². The summed E-state index contributed by atoms with van der Waals surface area (Å²) in [7, 11) is 1.98. The Balaban J connectivity index is 2.23. The smallest absolute Gasteiger partial charge is 0.121 e. The van der Waals surface area contributed by atoms with Crippen molar-refractivity contribution in [3.8, 4) is 0 Å². The van der Waals surface area contributed by atoms with Crippen molar-refractivity contribution >= 4 is 0 Å². The van der Waals surface area contributed by atoms with Crippen LogP contribution in [0.15, 0.2) is 16.5 Å². The van der Waals surface area contributed by atoms with Crippen LogP contribution in [-0.4, -0.2) is 13.6 Å². The normalized spacial score (nSPS) is 21.0. The Morgan fingerprint density at radius 3 is 2.60 bits per heavy atom. The monoisotopic (exact) mass is 208 g/mol. The molecule has 1 unspecified atom stereocenters. The number of furan rings is 1. The molecular weight excluding hydrogens is 188 g/mol. The van der Waals surface area contributed by atoms with Crippen LogP contribution in [0.3, 0.4) is 0 Å². The molecule has 1 aromatic heterocycles. The predicted molar refractivity (Wildman–Crippen MR) is 60.6 cm³/mol. The fourth-order valence-electron chi connectivity index (χ4n) is 2.60. The van der Waals surface area contributed by atoms with Crippen molar-refractivity contribution in [2.24, 2.45) is 11.1 Å². The van der Waals surface area contributed by atoms with Crippen molar-refractivity contribution in [2.45, 2.75) is 32.2 Å². The topological polar surface area (TPSA) is 51.2 Å². The predicted octanol–water partition coefficient (Wildman–Crippen LogP) is 1.98. The first-order valence-electron chi connectivity index (χ1n) is 5.65. The Morgan fingerprint density at radius 1 is 1.53 bits per heavy atom. The second kappa shape index (κ2) is 3.99. The van der Waals surface area contributed by atoms with Gasteiger partial charge in [-0.3, -0.25) is 0 Å². The second-order valence-corrected chi connectivity index (χ2v) is 4.59. The molecule has 1 saturated carbocycles. The van der Waals surface area contributed by atoms with Crippen LogP contribution in [0.5, 0.6) is 0 Å². The van der Waals surface area contributed by atoms with E-state index >= 15 is 0 Å². The maximum absolute atomic E-state index is 5.91. The highest BCUT2D eigenvalue weighted by Gasteiger charge is 2.44. The molecule has 15 heavy (non-hydrogen) atoms. The summed E-state index contributed by atoms with van der Waals surface area (Å²) in [5, 5.41) is 3.35. The van der Waals surface area contributed by atoms with E-state index in [1.165, 1.54) is 19.3 Å². The molecule has 0 aliphatic heterocycles. The van der Waals surface area contributed by atoms with Crippen LogP contribution >= 0.6 is 0 Å². The Hall–Kier alpha value is -0.800. The molecule has 0 radical (unpaired) electrons. The minimum atomic E-state index is 0.221. The highest BCUT2D eigenvalue weighted by atomic mass is 16.3. The Kier molecular flexibility index (Phi) is 2.85. The summed E-state index contributed by atoms with van der Waals surface area (Å²) in [5.74, 6) is 2.00. The molecule has 1 heterocycles. The molecule has 2 rings (SSSR count). The van der Waals surface area contributed by atoms with E-state index in [-0.39, 0.29) is 11.5 Å². The van der Waals surface area contributed by atoms with Gasteiger partial charge in [-0.05, 0) is 45.5 Å². The average molecular weight is 208 g/mol. The third-order valence-electron chi connectivity index (χ3n) is 3.70. The molecular formula is C12H20N2O. The first-order valence-corrected chi connectivity index (χ1v) is 5.65. The Labute approximate surface area is 91.0 Å². The van der Waals surface area contributed by atoms with Crippen LogP contribution in [0.2, 0.25) is 0 Å². The van der Waals surface area contributed by atoms with Gasteiger partial charge in [-0.15, -0.1) is 0 Å². The van der Waals surface area contributed by atoms with Crippen LogP contribution < -0.4 is 11.1 Å². The van der Waals surface area contributed by atoms with E-state index in [9.17, 15) is 0 Å². The summed E-state index contributed by atoms with van der Waals surface area (Å²) in [6.07, 6.45) is 3.69. The SMILES string of the molecule is CNC(c1ccc(C)o1)C1(CN)CCC1. The molecule has 0 aromatic carbocycles. The van der Waals surface area contributed by atoms with E-state index in [0.717, 1.165) is 18.1 Å². The number of hydrogen-bond donors (Lipinski definition) is 2. The van der Waals surface area contributed by atoms with Crippen molar-refractivity contribution in [2.75, 3.05) is 13.6 Å². The van der Waals surface area contributed by atoms with Crippen molar-refractivity contribution < 1.29 is 4.42 Å². The Bertz CT molecular complexity index is 323. The minimum absolute atomic E-state index is 0.221. The van der Waals surface area contributed by atoms with Crippen LogP contribution in [0.4, 0.5) is 0 Å². The van der Waals surface area contributed by atoms with Crippen LogP contribution in [0.25, 0.3) is 0 Å². The van der Waals surface area contributed by atoms with Gasteiger partial charge < -0.3 is 15.5 Å². The summed E-state index contributed by atoms with van der Waals surface area (Å²) in [6.45, 7) is 2.71. The molecule has 1 atom stereocenters. The molecule has 3 heteroatoms. The van der Waals surface area contributed by atoms with Crippen LogP contribution in [0, 0.1) is 12.3 Å². The molecule has 84 valence electrons. The number of aryl methyl sites for hydroxylation is 1. The van der Waals surface area contributed by atoms with Gasteiger partial charge in [0.05, 0.1) is 6.04 Å². The zero-order valence-corrected chi connectivity index (χ0v) is 9.55.